The van der Waals surface area contributed by atoms with Gasteiger partial charge >= 0.3 is 0 Å². The van der Waals surface area contributed by atoms with Gasteiger partial charge in [-0.3, -0.25) is 4.79 Å². The third-order valence-electron chi connectivity index (χ3n) is 2.92. The van der Waals surface area contributed by atoms with Crippen molar-refractivity contribution in [1.29, 1.82) is 0 Å². The third-order valence-corrected chi connectivity index (χ3v) is 2.92. The summed E-state index contributed by atoms with van der Waals surface area (Å²) in [6.07, 6.45) is 1.48. The maximum absolute atomic E-state index is 12.2. The maximum Gasteiger partial charge on any atom is 0.259 e. The third kappa shape index (κ3) is 2.53. The molecule has 0 saturated heterocycles. The van der Waals surface area contributed by atoms with E-state index in [1.165, 1.54) is 6.26 Å². The van der Waals surface area contributed by atoms with Gasteiger partial charge in [-0.05, 0) is 31.2 Å². The number of carbonyl (C=O) groups excluding carboxylic acids is 1. The normalized spacial score (nSPS) is 10.7. The summed E-state index contributed by atoms with van der Waals surface area (Å²) in [4.78, 5) is 12.2. The summed E-state index contributed by atoms with van der Waals surface area (Å²) in [5.74, 6) is 1.37. The number of amides is 1. The first-order valence-corrected chi connectivity index (χ1v) is 6.27. The summed E-state index contributed by atoms with van der Waals surface area (Å²) in [6.45, 7) is 2.08. The Morgan fingerprint density at radius 2 is 2.24 bits per heavy atom. The Balaban J connectivity index is 1.80. The van der Waals surface area contributed by atoms with Crippen LogP contribution in [0.3, 0.4) is 0 Å². The maximum atomic E-state index is 12.2. The Morgan fingerprint density at radius 3 is 2.90 bits per heavy atom. The van der Waals surface area contributed by atoms with Crippen molar-refractivity contribution in [1.82, 2.24) is 10.5 Å². The minimum Gasteiger partial charge on any atom is -0.465 e. The van der Waals surface area contributed by atoms with Crippen molar-refractivity contribution in [2.24, 2.45) is 0 Å². The molecule has 7 heteroatoms. The lowest BCUT2D eigenvalue weighted by molar-refractivity contribution is 0.0949. The standard InChI is InChI=1S/C14H13N3O4/c1-8-4-5-9(20-8)7-16-14(18)11-12(17-21-13(11)15)10-3-2-6-19-10/h2-6H,7,15H2,1H3,(H,16,18). The van der Waals surface area contributed by atoms with Gasteiger partial charge in [-0.15, -0.1) is 0 Å². The molecule has 3 aromatic heterocycles. The molecular formula is C14H13N3O4. The molecule has 3 heterocycles. The Hall–Kier alpha value is -2.96. The predicted molar refractivity (Wildman–Crippen MR) is 73.2 cm³/mol. The number of rotatable bonds is 4. The van der Waals surface area contributed by atoms with Crippen LogP contribution in [0.4, 0.5) is 5.88 Å². The molecule has 0 spiro atoms. The first-order chi connectivity index (χ1) is 10.1. The summed E-state index contributed by atoms with van der Waals surface area (Å²) in [5, 5.41) is 6.46. The average Bonchev–Trinajstić information content (AvgIpc) is 3.16. The highest BCUT2D eigenvalue weighted by molar-refractivity contribution is 6.03. The van der Waals surface area contributed by atoms with Crippen LogP contribution in [-0.2, 0) is 6.54 Å². The van der Waals surface area contributed by atoms with E-state index in [2.05, 4.69) is 10.5 Å². The van der Waals surface area contributed by atoms with Crippen LogP contribution in [0.25, 0.3) is 11.5 Å². The fourth-order valence-electron chi connectivity index (χ4n) is 1.94. The largest absolute Gasteiger partial charge is 0.465 e. The average molecular weight is 287 g/mol. The van der Waals surface area contributed by atoms with Crippen molar-refractivity contribution < 1.29 is 18.2 Å². The number of anilines is 1. The van der Waals surface area contributed by atoms with Crippen molar-refractivity contribution in [2.75, 3.05) is 5.73 Å². The van der Waals surface area contributed by atoms with E-state index < -0.39 is 5.91 Å². The van der Waals surface area contributed by atoms with Gasteiger partial charge in [-0.1, -0.05) is 5.16 Å². The number of nitrogens with two attached hydrogens (primary N) is 1. The molecule has 0 aliphatic heterocycles. The molecule has 3 aromatic rings. The van der Waals surface area contributed by atoms with Crippen LogP contribution < -0.4 is 11.1 Å². The summed E-state index contributed by atoms with van der Waals surface area (Å²) >= 11 is 0. The number of furan rings is 2. The second-order valence-corrected chi connectivity index (χ2v) is 4.44. The Kier molecular flexibility index (Phi) is 3.23. The molecule has 3 rings (SSSR count). The molecule has 7 nitrogen and oxygen atoms in total. The lowest BCUT2D eigenvalue weighted by Crippen LogP contribution is -2.23. The first kappa shape index (κ1) is 13.0. The van der Waals surface area contributed by atoms with Crippen LogP contribution in [0.5, 0.6) is 0 Å². The van der Waals surface area contributed by atoms with Gasteiger partial charge in [0.1, 0.15) is 17.1 Å². The van der Waals surface area contributed by atoms with Gasteiger partial charge in [0, 0.05) is 0 Å². The Bertz CT molecular complexity index is 755. The Labute approximate surface area is 119 Å². The van der Waals surface area contributed by atoms with Crippen molar-refractivity contribution in [3.63, 3.8) is 0 Å². The molecule has 0 bridgehead atoms. The molecular weight excluding hydrogens is 274 g/mol. The number of hydrogen-bond acceptors (Lipinski definition) is 6. The van der Waals surface area contributed by atoms with Gasteiger partial charge in [0.15, 0.2) is 11.5 Å². The highest BCUT2D eigenvalue weighted by Gasteiger charge is 2.24. The summed E-state index contributed by atoms with van der Waals surface area (Å²) < 4.78 is 15.5. The topological polar surface area (TPSA) is 107 Å². The van der Waals surface area contributed by atoms with Crippen LogP contribution >= 0.6 is 0 Å². The van der Waals surface area contributed by atoms with Gasteiger partial charge in [-0.2, -0.15) is 0 Å². The number of nitrogen functional groups attached to an aromatic ring is 1. The van der Waals surface area contributed by atoms with E-state index in [4.69, 9.17) is 19.1 Å². The van der Waals surface area contributed by atoms with Gasteiger partial charge in [0.25, 0.3) is 5.91 Å². The zero-order valence-corrected chi connectivity index (χ0v) is 11.3. The summed E-state index contributed by atoms with van der Waals surface area (Å²) in [6, 6.07) is 6.97. The highest BCUT2D eigenvalue weighted by atomic mass is 16.5. The second kappa shape index (κ2) is 5.20. The lowest BCUT2D eigenvalue weighted by atomic mass is 10.2. The first-order valence-electron chi connectivity index (χ1n) is 6.27. The van der Waals surface area contributed by atoms with E-state index in [-0.39, 0.29) is 23.7 Å². The smallest absolute Gasteiger partial charge is 0.259 e. The van der Waals surface area contributed by atoms with E-state index in [0.717, 1.165) is 5.76 Å². The van der Waals surface area contributed by atoms with E-state index in [1.54, 1.807) is 18.2 Å². The van der Waals surface area contributed by atoms with E-state index in [0.29, 0.717) is 11.5 Å². The van der Waals surface area contributed by atoms with Gasteiger partial charge in [0.2, 0.25) is 5.88 Å². The molecule has 3 N–H and O–H groups in total. The van der Waals surface area contributed by atoms with Gasteiger partial charge in [-0.25, -0.2) is 0 Å². The van der Waals surface area contributed by atoms with E-state index in [1.807, 2.05) is 13.0 Å². The molecule has 0 radical (unpaired) electrons. The number of nitrogens with zero attached hydrogens (tertiary/aromatic N) is 1. The van der Waals surface area contributed by atoms with Crippen molar-refractivity contribution in [2.45, 2.75) is 13.5 Å². The number of aryl methyl sites for hydroxylation is 1. The fraction of sp³-hybridized carbons (Fsp3) is 0.143. The van der Waals surface area contributed by atoms with Crippen LogP contribution in [0, 0.1) is 6.92 Å². The fourth-order valence-corrected chi connectivity index (χ4v) is 1.94. The lowest BCUT2D eigenvalue weighted by Gasteiger charge is -2.02. The molecule has 0 unspecified atom stereocenters. The minimum absolute atomic E-state index is 0.0606. The second-order valence-electron chi connectivity index (χ2n) is 4.44. The zero-order valence-electron chi connectivity index (χ0n) is 11.3. The SMILES string of the molecule is Cc1ccc(CNC(=O)c2c(-c3ccco3)noc2N)o1. The molecule has 21 heavy (non-hydrogen) atoms. The van der Waals surface area contributed by atoms with Crippen LogP contribution in [0.15, 0.2) is 43.9 Å². The number of nitrogens with one attached hydrogen (secondary N) is 1. The van der Waals surface area contributed by atoms with E-state index >= 15 is 0 Å². The van der Waals surface area contributed by atoms with Gasteiger partial charge in [0.05, 0.1) is 12.8 Å². The molecule has 108 valence electrons. The van der Waals surface area contributed by atoms with E-state index in [9.17, 15) is 4.79 Å². The molecule has 1 amide bonds. The molecule has 0 aliphatic carbocycles. The van der Waals surface area contributed by atoms with Crippen molar-refractivity contribution in [3.8, 4) is 11.5 Å². The van der Waals surface area contributed by atoms with Crippen LogP contribution in [0.1, 0.15) is 21.9 Å². The van der Waals surface area contributed by atoms with Crippen LogP contribution in [0.2, 0.25) is 0 Å². The Morgan fingerprint density at radius 1 is 1.38 bits per heavy atom. The number of carbonyl (C=O) groups is 1. The van der Waals surface area contributed by atoms with Gasteiger partial charge < -0.3 is 24.4 Å². The molecule has 0 saturated carbocycles. The molecule has 0 atom stereocenters. The minimum atomic E-state index is -0.408. The summed E-state index contributed by atoms with van der Waals surface area (Å²) in [5.41, 5.74) is 6.08. The zero-order chi connectivity index (χ0) is 14.8. The highest BCUT2D eigenvalue weighted by Crippen LogP contribution is 2.27. The van der Waals surface area contributed by atoms with Crippen molar-refractivity contribution in [3.05, 3.63) is 47.6 Å². The van der Waals surface area contributed by atoms with Crippen molar-refractivity contribution >= 4 is 11.8 Å². The quantitative estimate of drug-likeness (QED) is 0.762. The monoisotopic (exact) mass is 287 g/mol. The summed E-state index contributed by atoms with van der Waals surface area (Å²) in [7, 11) is 0. The molecule has 0 aromatic carbocycles. The number of aromatic nitrogens is 1. The molecule has 0 fully saturated rings. The molecule has 0 aliphatic rings. The van der Waals surface area contributed by atoms with Crippen LogP contribution in [-0.4, -0.2) is 11.1 Å². The number of hydrogen-bond donors (Lipinski definition) is 2. The predicted octanol–water partition coefficient (Wildman–Crippen LogP) is 2.35.